The van der Waals surface area contributed by atoms with Crippen molar-refractivity contribution in [3.63, 3.8) is 0 Å². The smallest absolute Gasteiger partial charge is 0.0714 e. The molecule has 0 heterocycles. The molecule has 47 heavy (non-hydrogen) atoms. The van der Waals surface area contributed by atoms with Gasteiger partial charge in [-0.25, -0.2) is 0 Å². The van der Waals surface area contributed by atoms with Crippen molar-refractivity contribution in [3.05, 3.63) is 179 Å². The predicted molar refractivity (Wildman–Crippen MR) is 198 cm³/mol. The summed E-state index contributed by atoms with van der Waals surface area (Å²) in [4.78, 5) is 0. The molecule has 1 aliphatic carbocycles. The van der Waals surface area contributed by atoms with Gasteiger partial charge in [0.1, 0.15) is 0 Å². The number of ether oxygens (including phenoxy) is 1. The summed E-state index contributed by atoms with van der Waals surface area (Å²) in [5.74, 6) is 0.472. The molecule has 0 bridgehead atoms. The molecule has 0 aliphatic heterocycles. The van der Waals surface area contributed by atoms with Crippen LogP contribution >= 0.6 is 0 Å². The van der Waals surface area contributed by atoms with Gasteiger partial charge in [0.15, 0.2) is 0 Å². The zero-order valence-electron chi connectivity index (χ0n) is 27.9. The number of hydrogen-bond donors (Lipinski definition) is 0. The summed E-state index contributed by atoms with van der Waals surface area (Å²) >= 11 is 0. The van der Waals surface area contributed by atoms with Gasteiger partial charge in [-0.3, -0.25) is 0 Å². The Morgan fingerprint density at radius 2 is 1.11 bits per heavy atom. The van der Waals surface area contributed by atoms with Gasteiger partial charge in [0.2, 0.25) is 0 Å². The lowest BCUT2D eigenvalue weighted by Crippen LogP contribution is -2.29. The Morgan fingerprint density at radius 3 is 1.70 bits per heavy atom. The maximum Gasteiger partial charge on any atom is 0.0714 e. The maximum absolute atomic E-state index is 5.46. The fraction of sp³-hybridized carbons (Fsp3) is 0.217. The molecule has 0 spiro atoms. The van der Waals surface area contributed by atoms with Crippen LogP contribution in [-0.4, -0.2) is 13.7 Å². The van der Waals surface area contributed by atoms with Crippen molar-refractivity contribution < 1.29 is 4.74 Å². The van der Waals surface area contributed by atoms with Gasteiger partial charge in [0, 0.05) is 13.7 Å². The molecule has 6 aromatic carbocycles. The monoisotopic (exact) mass is 612 g/mol. The van der Waals surface area contributed by atoms with Crippen LogP contribution in [-0.2, 0) is 16.6 Å². The van der Waals surface area contributed by atoms with E-state index >= 15 is 0 Å². The van der Waals surface area contributed by atoms with Gasteiger partial charge < -0.3 is 4.74 Å². The van der Waals surface area contributed by atoms with Crippen LogP contribution < -0.4 is 0 Å². The second-order valence-corrected chi connectivity index (χ2v) is 13.0. The van der Waals surface area contributed by atoms with Crippen LogP contribution in [0.25, 0.3) is 33.4 Å². The van der Waals surface area contributed by atoms with Gasteiger partial charge in [-0.1, -0.05) is 154 Å². The fourth-order valence-electron chi connectivity index (χ4n) is 8.02. The van der Waals surface area contributed by atoms with Crippen LogP contribution in [0.3, 0.4) is 0 Å². The molecule has 1 heteroatoms. The molecule has 0 amide bonds. The van der Waals surface area contributed by atoms with E-state index in [2.05, 4.69) is 159 Å². The van der Waals surface area contributed by atoms with E-state index in [4.69, 9.17) is 4.74 Å². The first kappa shape index (κ1) is 30.9. The number of methoxy groups -OCH3 is 1. The Kier molecular flexibility index (Phi) is 8.92. The first-order chi connectivity index (χ1) is 23.2. The maximum atomic E-state index is 5.46. The average Bonchev–Trinajstić information content (AvgIpc) is 3.43. The lowest BCUT2D eigenvalue weighted by Gasteiger charge is -2.35. The van der Waals surface area contributed by atoms with E-state index in [1.165, 1.54) is 79.6 Å². The molecule has 0 N–H and O–H groups in total. The number of aryl methyl sites for hydroxylation is 1. The molecule has 1 nitrogen and oxygen atoms in total. The Labute approximate surface area is 280 Å². The Hall–Kier alpha value is -4.72. The van der Waals surface area contributed by atoms with Gasteiger partial charge >= 0.3 is 0 Å². The number of fused-ring (bicyclic) bond motifs is 3. The summed E-state index contributed by atoms with van der Waals surface area (Å²) in [6, 6.07) is 54.7. The van der Waals surface area contributed by atoms with E-state index in [0.29, 0.717) is 5.92 Å². The quantitative estimate of drug-likeness (QED) is 0.132. The minimum atomic E-state index is -0.474. The highest BCUT2D eigenvalue weighted by Crippen LogP contribution is 2.57. The van der Waals surface area contributed by atoms with E-state index < -0.39 is 5.41 Å². The number of benzene rings is 6. The van der Waals surface area contributed by atoms with E-state index in [-0.39, 0.29) is 0 Å². The van der Waals surface area contributed by atoms with E-state index in [0.717, 1.165) is 19.4 Å². The van der Waals surface area contributed by atoms with Crippen LogP contribution in [0.1, 0.15) is 72.4 Å². The van der Waals surface area contributed by atoms with Crippen molar-refractivity contribution in [3.8, 4) is 33.4 Å². The van der Waals surface area contributed by atoms with Crippen molar-refractivity contribution in [2.45, 2.75) is 50.9 Å². The summed E-state index contributed by atoms with van der Waals surface area (Å²) in [7, 11) is 1.79. The van der Waals surface area contributed by atoms with Gasteiger partial charge in [0.05, 0.1) is 5.41 Å². The second kappa shape index (κ2) is 13.6. The molecular formula is C46H44O. The average molecular weight is 613 g/mol. The van der Waals surface area contributed by atoms with Crippen LogP contribution in [0, 0.1) is 0 Å². The van der Waals surface area contributed by atoms with E-state index in [1.807, 2.05) is 0 Å². The van der Waals surface area contributed by atoms with Gasteiger partial charge in [-0.05, 0) is 104 Å². The molecule has 6 aromatic rings. The minimum Gasteiger partial charge on any atom is -0.385 e. The zero-order chi connectivity index (χ0) is 32.2. The van der Waals surface area contributed by atoms with Crippen molar-refractivity contribution >= 4 is 0 Å². The normalized spacial score (nSPS) is 13.6. The zero-order valence-corrected chi connectivity index (χ0v) is 27.9. The second-order valence-electron chi connectivity index (χ2n) is 13.0. The summed E-state index contributed by atoms with van der Waals surface area (Å²) in [6.45, 7) is 5.43. The number of hydrogen-bond acceptors (Lipinski definition) is 1. The largest absolute Gasteiger partial charge is 0.385 e. The molecule has 0 fully saturated rings. The molecule has 1 atom stereocenters. The SMILES string of the molecule is CCCC(C)c1ccc(C2(c3ccc(CCCOC)c(-c4ccccc4)c3)c3ccccc3-c3ccccc32)cc1-c1ccccc1. The lowest BCUT2D eigenvalue weighted by molar-refractivity contribution is 0.195. The van der Waals surface area contributed by atoms with E-state index in [1.54, 1.807) is 7.11 Å². The van der Waals surface area contributed by atoms with E-state index in [9.17, 15) is 0 Å². The summed E-state index contributed by atoms with van der Waals surface area (Å²) in [5.41, 5.74) is 15.4. The minimum absolute atomic E-state index is 0.472. The van der Waals surface area contributed by atoms with Gasteiger partial charge in [0.25, 0.3) is 0 Å². The van der Waals surface area contributed by atoms with Crippen molar-refractivity contribution in [2.75, 3.05) is 13.7 Å². The molecule has 0 saturated heterocycles. The Bertz CT molecular complexity index is 1930. The van der Waals surface area contributed by atoms with Crippen molar-refractivity contribution in [2.24, 2.45) is 0 Å². The topological polar surface area (TPSA) is 9.23 Å². The third kappa shape index (κ3) is 5.53. The molecule has 1 aliphatic rings. The highest BCUT2D eigenvalue weighted by molar-refractivity contribution is 5.87. The molecule has 1 unspecified atom stereocenters. The Morgan fingerprint density at radius 1 is 0.574 bits per heavy atom. The van der Waals surface area contributed by atoms with Crippen LogP contribution in [0.15, 0.2) is 146 Å². The third-order valence-corrected chi connectivity index (χ3v) is 10.2. The molecule has 0 aromatic heterocycles. The van der Waals surface area contributed by atoms with Crippen molar-refractivity contribution in [1.29, 1.82) is 0 Å². The summed E-state index contributed by atoms with van der Waals surface area (Å²) in [5, 5.41) is 0. The molecule has 234 valence electrons. The molecule has 0 saturated carbocycles. The number of rotatable bonds is 11. The standard InChI is InChI=1S/C46H44O/c1-4-16-33(2)39-29-28-38(32-43(39)35-19-9-6-10-20-35)46(44-24-13-11-22-40(44)41-23-12-14-25-45(41)46)37-27-26-36(21-15-30-47-3)42(31-37)34-17-7-5-8-18-34/h5-14,17-20,22-29,31-33H,4,15-16,21,30H2,1-3H3. The third-order valence-electron chi connectivity index (χ3n) is 10.2. The highest BCUT2D eigenvalue weighted by Gasteiger charge is 2.46. The lowest BCUT2D eigenvalue weighted by atomic mass is 9.66. The first-order valence-electron chi connectivity index (χ1n) is 17.2. The fourth-order valence-corrected chi connectivity index (χ4v) is 8.02. The first-order valence-corrected chi connectivity index (χ1v) is 17.2. The van der Waals surface area contributed by atoms with Crippen LogP contribution in [0.4, 0.5) is 0 Å². The molecular weight excluding hydrogens is 569 g/mol. The summed E-state index contributed by atoms with van der Waals surface area (Å²) in [6.07, 6.45) is 4.30. The predicted octanol–water partition coefficient (Wildman–Crippen LogP) is 11.9. The Balaban J connectivity index is 1.54. The van der Waals surface area contributed by atoms with Gasteiger partial charge in [-0.2, -0.15) is 0 Å². The van der Waals surface area contributed by atoms with Gasteiger partial charge in [-0.15, -0.1) is 0 Å². The summed E-state index contributed by atoms with van der Waals surface area (Å²) < 4.78 is 5.46. The molecule has 0 radical (unpaired) electrons. The van der Waals surface area contributed by atoms with Crippen LogP contribution in [0.5, 0.6) is 0 Å². The highest BCUT2D eigenvalue weighted by atomic mass is 16.5. The van der Waals surface area contributed by atoms with Crippen molar-refractivity contribution in [1.82, 2.24) is 0 Å². The molecule has 7 rings (SSSR count). The van der Waals surface area contributed by atoms with Crippen LogP contribution in [0.2, 0.25) is 0 Å².